The molecule has 0 amide bonds. The highest BCUT2D eigenvalue weighted by Gasteiger charge is 2.13. The van der Waals surface area contributed by atoms with Crippen molar-refractivity contribution in [2.45, 2.75) is 0 Å². The molecule has 2 heterocycles. The van der Waals surface area contributed by atoms with Gasteiger partial charge in [0, 0.05) is 44.3 Å². The van der Waals surface area contributed by atoms with Crippen molar-refractivity contribution >= 4 is 16.6 Å². The molecule has 112 valence electrons. The van der Waals surface area contributed by atoms with Crippen molar-refractivity contribution in [2.24, 2.45) is 0 Å². The molecular formula is C16H22N4O. The van der Waals surface area contributed by atoms with Gasteiger partial charge in [-0.1, -0.05) is 0 Å². The van der Waals surface area contributed by atoms with Gasteiger partial charge in [0.25, 0.3) is 0 Å². The van der Waals surface area contributed by atoms with Gasteiger partial charge in [-0.15, -0.1) is 0 Å². The lowest BCUT2D eigenvalue weighted by atomic mass is 10.2. The highest BCUT2D eigenvalue weighted by molar-refractivity contribution is 5.93. The van der Waals surface area contributed by atoms with Crippen molar-refractivity contribution in [3.8, 4) is 5.75 Å². The van der Waals surface area contributed by atoms with Crippen molar-refractivity contribution < 1.29 is 4.74 Å². The standard InChI is InChI=1S/C16H22N4O/c1-19-7-9-20(10-8-19)11-12-21-15-5-4-14(17)16-13(15)3-2-6-18-16/h2-6H,7-12,17H2,1H3. The van der Waals surface area contributed by atoms with Crippen LogP contribution in [0.5, 0.6) is 5.75 Å². The van der Waals surface area contributed by atoms with Crippen LogP contribution in [0.15, 0.2) is 30.5 Å². The molecule has 2 N–H and O–H groups in total. The van der Waals surface area contributed by atoms with Crippen molar-refractivity contribution in [3.05, 3.63) is 30.5 Å². The largest absolute Gasteiger partial charge is 0.492 e. The van der Waals surface area contributed by atoms with Crippen molar-refractivity contribution in [1.29, 1.82) is 0 Å². The van der Waals surface area contributed by atoms with Crippen LogP contribution in [-0.4, -0.2) is 61.2 Å². The van der Waals surface area contributed by atoms with Crippen LogP contribution in [0.25, 0.3) is 10.9 Å². The first-order chi connectivity index (χ1) is 10.2. The van der Waals surface area contributed by atoms with Gasteiger partial charge in [-0.3, -0.25) is 9.88 Å². The van der Waals surface area contributed by atoms with E-state index >= 15 is 0 Å². The van der Waals surface area contributed by atoms with E-state index in [9.17, 15) is 0 Å². The molecule has 1 saturated heterocycles. The van der Waals surface area contributed by atoms with Gasteiger partial charge < -0.3 is 15.4 Å². The van der Waals surface area contributed by atoms with Crippen molar-refractivity contribution in [1.82, 2.24) is 14.8 Å². The van der Waals surface area contributed by atoms with Gasteiger partial charge >= 0.3 is 0 Å². The minimum atomic E-state index is 0.692. The van der Waals surface area contributed by atoms with Gasteiger partial charge in [0.05, 0.1) is 11.2 Å². The Kier molecular flexibility index (Phi) is 4.22. The van der Waals surface area contributed by atoms with Crippen LogP contribution < -0.4 is 10.5 Å². The molecule has 0 spiro atoms. The minimum absolute atomic E-state index is 0.692. The second-order valence-electron chi connectivity index (χ2n) is 5.55. The second kappa shape index (κ2) is 6.28. The monoisotopic (exact) mass is 286 g/mol. The summed E-state index contributed by atoms with van der Waals surface area (Å²) < 4.78 is 5.95. The molecule has 1 aromatic heterocycles. The Labute approximate surface area is 125 Å². The van der Waals surface area contributed by atoms with Gasteiger partial charge in [-0.05, 0) is 31.3 Å². The van der Waals surface area contributed by atoms with Crippen molar-refractivity contribution in [3.63, 3.8) is 0 Å². The van der Waals surface area contributed by atoms with E-state index in [0.717, 1.165) is 49.4 Å². The molecule has 3 rings (SSSR count). The number of ether oxygens (including phenoxy) is 1. The number of anilines is 1. The fraction of sp³-hybridized carbons (Fsp3) is 0.438. The first-order valence-electron chi connectivity index (χ1n) is 7.41. The first kappa shape index (κ1) is 14.1. The van der Waals surface area contributed by atoms with Crippen LogP contribution in [-0.2, 0) is 0 Å². The maximum atomic E-state index is 5.95. The Hall–Kier alpha value is -1.85. The number of fused-ring (bicyclic) bond motifs is 1. The predicted molar refractivity (Wildman–Crippen MR) is 85.6 cm³/mol. The number of hydrogen-bond donors (Lipinski definition) is 1. The summed E-state index contributed by atoms with van der Waals surface area (Å²) in [5, 5.41) is 0.982. The molecule has 1 aromatic carbocycles. The molecule has 0 radical (unpaired) electrons. The molecule has 21 heavy (non-hydrogen) atoms. The molecule has 1 fully saturated rings. The molecule has 0 unspecified atom stereocenters. The third-order valence-electron chi connectivity index (χ3n) is 4.02. The summed E-state index contributed by atoms with van der Waals surface area (Å²) in [5.74, 6) is 0.862. The van der Waals surface area contributed by atoms with E-state index in [1.54, 1.807) is 6.20 Å². The number of hydrogen-bond acceptors (Lipinski definition) is 5. The van der Waals surface area contributed by atoms with Gasteiger partial charge in [-0.25, -0.2) is 0 Å². The van der Waals surface area contributed by atoms with E-state index in [1.807, 2.05) is 24.3 Å². The Balaban J connectivity index is 1.62. The van der Waals surface area contributed by atoms with Gasteiger partial charge in [0.1, 0.15) is 12.4 Å². The average Bonchev–Trinajstić information content (AvgIpc) is 2.52. The van der Waals surface area contributed by atoms with E-state index < -0.39 is 0 Å². The normalized spacial score (nSPS) is 17.2. The first-order valence-corrected chi connectivity index (χ1v) is 7.41. The zero-order chi connectivity index (χ0) is 14.7. The SMILES string of the molecule is CN1CCN(CCOc2ccc(N)c3ncccc23)CC1. The fourth-order valence-electron chi connectivity index (χ4n) is 2.65. The zero-order valence-corrected chi connectivity index (χ0v) is 12.5. The van der Waals surface area contributed by atoms with Crippen molar-refractivity contribution in [2.75, 3.05) is 52.1 Å². The third-order valence-corrected chi connectivity index (χ3v) is 4.02. The van der Waals surface area contributed by atoms with Crippen LogP contribution in [0.3, 0.4) is 0 Å². The number of nitrogens with zero attached hydrogens (tertiary/aromatic N) is 3. The summed E-state index contributed by atoms with van der Waals surface area (Å²) in [6.45, 7) is 6.15. The van der Waals surface area contributed by atoms with Gasteiger partial charge in [0.15, 0.2) is 0 Å². The number of pyridine rings is 1. The van der Waals surface area contributed by atoms with E-state index in [-0.39, 0.29) is 0 Å². The molecule has 0 atom stereocenters. The summed E-state index contributed by atoms with van der Waals surface area (Å²) in [7, 11) is 2.17. The van der Waals surface area contributed by atoms with Crippen LogP contribution >= 0.6 is 0 Å². The molecule has 1 aliphatic rings. The Morgan fingerprint density at radius 3 is 2.81 bits per heavy atom. The maximum Gasteiger partial charge on any atom is 0.128 e. The summed E-state index contributed by atoms with van der Waals surface area (Å²) in [6.07, 6.45) is 1.76. The van der Waals surface area contributed by atoms with E-state index in [0.29, 0.717) is 12.3 Å². The predicted octanol–water partition coefficient (Wildman–Crippen LogP) is 1.44. The lowest BCUT2D eigenvalue weighted by Crippen LogP contribution is -2.45. The van der Waals surface area contributed by atoms with E-state index in [2.05, 4.69) is 21.8 Å². The van der Waals surface area contributed by atoms with E-state index in [1.165, 1.54) is 0 Å². The van der Waals surface area contributed by atoms with Crippen LogP contribution in [0, 0.1) is 0 Å². The number of likely N-dealkylation sites (N-methyl/N-ethyl adjacent to an activating group) is 1. The average molecular weight is 286 g/mol. The van der Waals surface area contributed by atoms with Gasteiger partial charge in [0.2, 0.25) is 0 Å². The molecule has 5 heteroatoms. The number of aromatic nitrogens is 1. The third kappa shape index (κ3) is 3.25. The highest BCUT2D eigenvalue weighted by atomic mass is 16.5. The molecule has 2 aromatic rings. The number of nitrogens with two attached hydrogens (primary N) is 1. The smallest absolute Gasteiger partial charge is 0.128 e. The lowest BCUT2D eigenvalue weighted by Gasteiger charge is -2.32. The second-order valence-corrected chi connectivity index (χ2v) is 5.55. The molecule has 1 aliphatic heterocycles. The van der Waals surface area contributed by atoms with E-state index in [4.69, 9.17) is 10.5 Å². The lowest BCUT2D eigenvalue weighted by molar-refractivity contribution is 0.134. The molecule has 0 saturated carbocycles. The summed E-state index contributed by atoms with van der Waals surface area (Å²) in [5.41, 5.74) is 7.46. The number of benzene rings is 1. The quantitative estimate of drug-likeness (QED) is 0.862. The van der Waals surface area contributed by atoms with Crippen LogP contribution in [0.4, 0.5) is 5.69 Å². The summed E-state index contributed by atoms with van der Waals surface area (Å²) in [4.78, 5) is 9.13. The number of piperazine rings is 1. The van der Waals surface area contributed by atoms with Crippen LogP contribution in [0.1, 0.15) is 0 Å². The van der Waals surface area contributed by atoms with Gasteiger partial charge in [-0.2, -0.15) is 0 Å². The minimum Gasteiger partial charge on any atom is -0.492 e. The topological polar surface area (TPSA) is 54.6 Å². The number of nitrogen functional groups attached to an aromatic ring is 1. The molecule has 0 aliphatic carbocycles. The Morgan fingerprint density at radius 1 is 1.19 bits per heavy atom. The summed E-state index contributed by atoms with van der Waals surface area (Å²) in [6, 6.07) is 7.71. The zero-order valence-electron chi connectivity index (χ0n) is 12.5. The summed E-state index contributed by atoms with van der Waals surface area (Å²) >= 11 is 0. The molecule has 0 bridgehead atoms. The maximum absolute atomic E-state index is 5.95. The molecule has 5 nitrogen and oxygen atoms in total. The van der Waals surface area contributed by atoms with Crippen LogP contribution in [0.2, 0.25) is 0 Å². The Morgan fingerprint density at radius 2 is 2.00 bits per heavy atom. The number of rotatable bonds is 4. The highest BCUT2D eigenvalue weighted by Crippen LogP contribution is 2.28. The fourth-order valence-corrected chi connectivity index (χ4v) is 2.65. The Bertz CT molecular complexity index is 608. The molecular weight excluding hydrogens is 264 g/mol.